The van der Waals surface area contributed by atoms with Gasteiger partial charge < -0.3 is 10.6 Å². The molecular weight excluding hydrogens is 200 g/mol. The van der Waals surface area contributed by atoms with Crippen molar-refractivity contribution in [3.63, 3.8) is 0 Å². The minimum atomic E-state index is 0.500. The first-order valence-corrected chi connectivity index (χ1v) is 6.12. The molecule has 0 amide bonds. The maximum Gasteiger partial charge on any atom is 0.147 e. The zero-order chi connectivity index (χ0) is 11.4. The molecule has 1 fully saturated rings. The largest absolute Gasteiger partial charge is 0.369 e. The summed E-state index contributed by atoms with van der Waals surface area (Å²) in [5.74, 6) is 2.52. The molecule has 1 heterocycles. The minimum absolute atomic E-state index is 0.500. The van der Waals surface area contributed by atoms with Crippen LogP contribution in [0.5, 0.6) is 0 Å². The molecule has 1 aliphatic rings. The highest BCUT2D eigenvalue weighted by atomic mass is 15.1. The van der Waals surface area contributed by atoms with Gasteiger partial charge in [0, 0.05) is 12.6 Å². The van der Waals surface area contributed by atoms with E-state index in [0.29, 0.717) is 6.04 Å². The Balaban J connectivity index is 1.94. The van der Waals surface area contributed by atoms with Crippen LogP contribution in [-0.4, -0.2) is 22.6 Å². The molecule has 1 atom stereocenters. The number of anilines is 2. The zero-order valence-electron chi connectivity index (χ0n) is 10.0. The molecule has 0 aromatic carbocycles. The molecule has 1 aromatic rings. The van der Waals surface area contributed by atoms with Crippen LogP contribution in [0, 0.1) is 5.92 Å². The molecule has 0 spiro atoms. The number of nitrogens with zero attached hydrogens (tertiary/aromatic N) is 2. The van der Waals surface area contributed by atoms with E-state index in [4.69, 9.17) is 0 Å². The van der Waals surface area contributed by atoms with Crippen LogP contribution in [0.2, 0.25) is 0 Å². The van der Waals surface area contributed by atoms with Gasteiger partial charge in [-0.1, -0.05) is 6.42 Å². The molecule has 4 nitrogen and oxygen atoms in total. The van der Waals surface area contributed by atoms with Gasteiger partial charge in [0.05, 0.1) is 12.4 Å². The van der Waals surface area contributed by atoms with Crippen LogP contribution in [0.25, 0.3) is 0 Å². The Morgan fingerprint density at radius 3 is 2.75 bits per heavy atom. The van der Waals surface area contributed by atoms with E-state index in [1.165, 1.54) is 19.3 Å². The van der Waals surface area contributed by atoms with Crippen molar-refractivity contribution in [2.75, 3.05) is 17.2 Å². The summed E-state index contributed by atoms with van der Waals surface area (Å²) >= 11 is 0. The van der Waals surface area contributed by atoms with Crippen molar-refractivity contribution in [2.24, 2.45) is 5.92 Å². The SMILES string of the molecule is CCNc1cncc(NC(C)C2CCC2)n1. The van der Waals surface area contributed by atoms with E-state index in [9.17, 15) is 0 Å². The van der Waals surface area contributed by atoms with Crippen LogP contribution in [0.4, 0.5) is 11.6 Å². The van der Waals surface area contributed by atoms with Crippen molar-refractivity contribution in [1.29, 1.82) is 0 Å². The fraction of sp³-hybridized carbons (Fsp3) is 0.667. The molecule has 1 aliphatic carbocycles. The number of nitrogens with one attached hydrogen (secondary N) is 2. The molecule has 1 aromatic heterocycles. The van der Waals surface area contributed by atoms with Crippen molar-refractivity contribution in [3.8, 4) is 0 Å². The van der Waals surface area contributed by atoms with Crippen LogP contribution in [0.1, 0.15) is 33.1 Å². The fourth-order valence-electron chi connectivity index (χ4n) is 1.99. The second kappa shape index (κ2) is 5.14. The average molecular weight is 220 g/mol. The standard InChI is InChI=1S/C12H20N4/c1-3-14-11-7-13-8-12(16-11)15-9(2)10-5-4-6-10/h7-10H,3-6H2,1-2H3,(H2,14,15,16). The number of aromatic nitrogens is 2. The predicted octanol–water partition coefficient (Wildman–Crippen LogP) is 2.51. The first-order valence-electron chi connectivity index (χ1n) is 6.12. The second-order valence-corrected chi connectivity index (χ2v) is 4.44. The van der Waals surface area contributed by atoms with Gasteiger partial charge in [0.15, 0.2) is 0 Å². The molecule has 0 aliphatic heterocycles. The van der Waals surface area contributed by atoms with E-state index in [0.717, 1.165) is 24.1 Å². The highest BCUT2D eigenvalue weighted by molar-refractivity contribution is 5.42. The quantitative estimate of drug-likeness (QED) is 0.800. The Bertz CT molecular complexity index is 336. The normalized spacial score (nSPS) is 17.6. The molecule has 16 heavy (non-hydrogen) atoms. The number of hydrogen-bond acceptors (Lipinski definition) is 4. The number of rotatable bonds is 5. The van der Waals surface area contributed by atoms with Gasteiger partial charge >= 0.3 is 0 Å². The summed E-state index contributed by atoms with van der Waals surface area (Å²) < 4.78 is 0. The molecule has 88 valence electrons. The van der Waals surface area contributed by atoms with Crippen molar-refractivity contribution >= 4 is 11.6 Å². The van der Waals surface area contributed by atoms with Gasteiger partial charge in [-0.3, -0.25) is 4.98 Å². The first-order chi connectivity index (χ1) is 7.79. The van der Waals surface area contributed by atoms with Crippen molar-refractivity contribution in [1.82, 2.24) is 9.97 Å². The third kappa shape index (κ3) is 2.62. The molecule has 0 bridgehead atoms. The second-order valence-electron chi connectivity index (χ2n) is 4.44. The summed E-state index contributed by atoms with van der Waals surface area (Å²) in [5.41, 5.74) is 0. The molecule has 2 rings (SSSR count). The molecular formula is C12H20N4. The van der Waals surface area contributed by atoms with E-state index < -0.39 is 0 Å². The summed E-state index contributed by atoms with van der Waals surface area (Å²) in [6.07, 6.45) is 7.60. The van der Waals surface area contributed by atoms with Gasteiger partial charge in [0.1, 0.15) is 11.6 Å². The molecule has 1 unspecified atom stereocenters. The summed E-state index contributed by atoms with van der Waals surface area (Å²) in [5, 5.41) is 6.59. The highest BCUT2D eigenvalue weighted by Gasteiger charge is 2.23. The van der Waals surface area contributed by atoms with E-state index in [1.807, 2.05) is 0 Å². The van der Waals surface area contributed by atoms with Crippen molar-refractivity contribution < 1.29 is 0 Å². The van der Waals surface area contributed by atoms with Gasteiger partial charge in [-0.25, -0.2) is 4.98 Å². The Hall–Kier alpha value is -1.32. The van der Waals surface area contributed by atoms with Crippen LogP contribution in [0.15, 0.2) is 12.4 Å². The topological polar surface area (TPSA) is 49.8 Å². The molecule has 1 saturated carbocycles. The third-order valence-electron chi connectivity index (χ3n) is 3.22. The lowest BCUT2D eigenvalue weighted by molar-refractivity contribution is 0.285. The van der Waals surface area contributed by atoms with Crippen LogP contribution in [0.3, 0.4) is 0 Å². The van der Waals surface area contributed by atoms with Crippen LogP contribution < -0.4 is 10.6 Å². The lowest BCUT2D eigenvalue weighted by Crippen LogP contribution is -2.31. The van der Waals surface area contributed by atoms with Crippen LogP contribution in [-0.2, 0) is 0 Å². The van der Waals surface area contributed by atoms with Gasteiger partial charge in [-0.2, -0.15) is 0 Å². The smallest absolute Gasteiger partial charge is 0.147 e. The molecule has 0 radical (unpaired) electrons. The molecule has 4 heteroatoms. The lowest BCUT2D eigenvalue weighted by atomic mass is 9.80. The molecule has 2 N–H and O–H groups in total. The average Bonchev–Trinajstić information content (AvgIpc) is 2.15. The van der Waals surface area contributed by atoms with E-state index in [1.54, 1.807) is 12.4 Å². The first kappa shape index (κ1) is 11.2. The van der Waals surface area contributed by atoms with E-state index >= 15 is 0 Å². The summed E-state index contributed by atoms with van der Waals surface area (Å²) in [4.78, 5) is 8.63. The maximum absolute atomic E-state index is 4.46. The maximum atomic E-state index is 4.46. The van der Waals surface area contributed by atoms with Crippen molar-refractivity contribution in [3.05, 3.63) is 12.4 Å². The minimum Gasteiger partial charge on any atom is -0.369 e. The molecule has 0 saturated heterocycles. The highest BCUT2D eigenvalue weighted by Crippen LogP contribution is 2.30. The Labute approximate surface area is 96.9 Å². The number of hydrogen-bond donors (Lipinski definition) is 2. The van der Waals surface area contributed by atoms with Gasteiger partial charge in [-0.15, -0.1) is 0 Å². The fourth-order valence-corrected chi connectivity index (χ4v) is 1.99. The van der Waals surface area contributed by atoms with Gasteiger partial charge in [0.25, 0.3) is 0 Å². The van der Waals surface area contributed by atoms with Gasteiger partial charge in [-0.05, 0) is 32.6 Å². The summed E-state index contributed by atoms with van der Waals surface area (Å²) in [6, 6.07) is 0.500. The Morgan fingerprint density at radius 2 is 2.12 bits per heavy atom. The summed E-state index contributed by atoms with van der Waals surface area (Å²) in [6.45, 7) is 5.15. The predicted molar refractivity (Wildman–Crippen MR) is 66.6 cm³/mol. The van der Waals surface area contributed by atoms with Gasteiger partial charge in [0.2, 0.25) is 0 Å². The Morgan fingerprint density at radius 1 is 1.38 bits per heavy atom. The van der Waals surface area contributed by atoms with E-state index in [2.05, 4.69) is 34.4 Å². The van der Waals surface area contributed by atoms with Crippen LogP contribution >= 0.6 is 0 Å². The summed E-state index contributed by atoms with van der Waals surface area (Å²) in [7, 11) is 0. The lowest BCUT2D eigenvalue weighted by Gasteiger charge is -2.32. The zero-order valence-corrected chi connectivity index (χ0v) is 10.0. The monoisotopic (exact) mass is 220 g/mol. The Kier molecular flexibility index (Phi) is 3.59. The van der Waals surface area contributed by atoms with Crippen molar-refractivity contribution in [2.45, 2.75) is 39.2 Å². The third-order valence-corrected chi connectivity index (χ3v) is 3.22. The van der Waals surface area contributed by atoms with E-state index in [-0.39, 0.29) is 0 Å².